The van der Waals surface area contributed by atoms with Crippen molar-refractivity contribution in [2.75, 3.05) is 0 Å². The summed E-state index contributed by atoms with van der Waals surface area (Å²) in [6.07, 6.45) is -4.81. The van der Waals surface area contributed by atoms with Crippen LogP contribution in [0.3, 0.4) is 0 Å². The molecule has 72 valence electrons. The van der Waals surface area contributed by atoms with Crippen molar-refractivity contribution in [3.05, 3.63) is 11.3 Å². The van der Waals surface area contributed by atoms with E-state index < -0.39 is 23.3 Å². The molecule has 0 bridgehead atoms. The van der Waals surface area contributed by atoms with Gasteiger partial charge in [-0.15, -0.1) is 0 Å². The van der Waals surface area contributed by atoms with Crippen LogP contribution in [0.1, 0.15) is 16.1 Å². The molecule has 0 radical (unpaired) electrons. The van der Waals surface area contributed by atoms with E-state index in [4.69, 9.17) is 5.11 Å². The normalized spacial score (nSPS) is 11.7. The summed E-state index contributed by atoms with van der Waals surface area (Å²) < 4.78 is 36.8. The van der Waals surface area contributed by atoms with Crippen LogP contribution >= 0.6 is 0 Å². The zero-order chi connectivity index (χ0) is 10.2. The van der Waals surface area contributed by atoms with E-state index in [1.165, 1.54) is 0 Å². The second-order valence-corrected chi connectivity index (χ2v) is 2.33. The number of carbonyl (C=O) groups is 1. The highest BCUT2D eigenvalue weighted by Crippen LogP contribution is 2.33. The van der Waals surface area contributed by atoms with Crippen LogP contribution < -0.4 is 0 Å². The molecule has 0 atom stereocenters. The first-order valence-corrected chi connectivity index (χ1v) is 3.16. The Bertz CT molecular complexity index is 342. The molecule has 7 heteroatoms. The number of halogens is 3. The zero-order valence-corrected chi connectivity index (χ0v) is 6.46. The van der Waals surface area contributed by atoms with Gasteiger partial charge in [-0.3, -0.25) is 4.79 Å². The van der Waals surface area contributed by atoms with Gasteiger partial charge in [0.25, 0.3) is 0 Å². The predicted molar refractivity (Wildman–Crippen MR) is 35.3 cm³/mol. The second kappa shape index (κ2) is 2.75. The smallest absolute Gasteiger partial charge is 0.436 e. The summed E-state index contributed by atoms with van der Waals surface area (Å²) in [5.41, 5.74) is -2.21. The molecule has 0 amide bonds. The third-order valence-corrected chi connectivity index (χ3v) is 1.44. The minimum atomic E-state index is -4.73. The molecule has 1 aromatic rings. The van der Waals surface area contributed by atoms with Crippen molar-refractivity contribution in [1.82, 2.24) is 9.78 Å². The van der Waals surface area contributed by atoms with Gasteiger partial charge in [0.2, 0.25) is 5.88 Å². The van der Waals surface area contributed by atoms with Crippen LogP contribution in [0.2, 0.25) is 0 Å². The number of rotatable bonds is 1. The Labute approximate surface area is 70.6 Å². The average Bonchev–Trinajstić information content (AvgIpc) is 2.28. The molecule has 1 rings (SSSR count). The molecule has 1 aromatic heterocycles. The van der Waals surface area contributed by atoms with Crippen molar-refractivity contribution in [3.63, 3.8) is 0 Å². The second-order valence-electron chi connectivity index (χ2n) is 2.33. The number of hydrogen-bond donors (Lipinski definition) is 1. The molecule has 0 aliphatic carbocycles. The predicted octanol–water partition coefficient (Wildman–Crippen LogP) is 0.957. The first kappa shape index (κ1) is 9.56. The van der Waals surface area contributed by atoms with Crippen molar-refractivity contribution in [1.29, 1.82) is 0 Å². The Morgan fingerprint density at radius 3 is 2.38 bits per heavy atom. The van der Waals surface area contributed by atoms with Gasteiger partial charge in [-0.1, -0.05) is 0 Å². The topological polar surface area (TPSA) is 55.1 Å². The van der Waals surface area contributed by atoms with Crippen LogP contribution in [0, 0.1) is 0 Å². The monoisotopic (exact) mass is 194 g/mol. The van der Waals surface area contributed by atoms with Gasteiger partial charge in [-0.05, 0) is 0 Å². The number of aromatic hydroxyl groups is 1. The van der Waals surface area contributed by atoms with Gasteiger partial charge in [0.15, 0.2) is 12.0 Å². The largest absolute Gasteiger partial charge is 0.493 e. The molecule has 13 heavy (non-hydrogen) atoms. The van der Waals surface area contributed by atoms with Gasteiger partial charge < -0.3 is 5.11 Å². The van der Waals surface area contributed by atoms with Crippen LogP contribution in [0.5, 0.6) is 5.88 Å². The molecule has 0 saturated heterocycles. The molecular formula is C6H5F3N2O2. The number of hydrogen-bond acceptors (Lipinski definition) is 3. The van der Waals surface area contributed by atoms with E-state index in [0.717, 1.165) is 7.05 Å². The lowest BCUT2D eigenvalue weighted by Crippen LogP contribution is -2.09. The fourth-order valence-corrected chi connectivity index (χ4v) is 0.849. The van der Waals surface area contributed by atoms with E-state index in [-0.39, 0.29) is 6.29 Å². The van der Waals surface area contributed by atoms with E-state index >= 15 is 0 Å². The number of aryl methyl sites for hydroxylation is 1. The van der Waals surface area contributed by atoms with Gasteiger partial charge in [-0.25, -0.2) is 4.68 Å². The standard InChI is InChI=1S/C6H5F3N2O2/c1-11-5(13)3(2-12)4(10-11)6(7,8)9/h2,13H,1H3. The van der Waals surface area contributed by atoms with Gasteiger partial charge >= 0.3 is 6.18 Å². The zero-order valence-electron chi connectivity index (χ0n) is 6.46. The van der Waals surface area contributed by atoms with Gasteiger partial charge in [0, 0.05) is 7.05 Å². The maximum atomic E-state index is 12.1. The molecule has 1 N–H and O–H groups in total. The van der Waals surface area contributed by atoms with Crippen LogP contribution in [0.25, 0.3) is 0 Å². The van der Waals surface area contributed by atoms with Crippen molar-refractivity contribution in [2.24, 2.45) is 7.05 Å². The van der Waals surface area contributed by atoms with E-state index in [9.17, 15) is 18.0 Å². The lowest BCUT2D eigenvalue weighted by molar-refractivity contribution is -0.141. The van der Waals surface area contributed by atoms with Crippen molar-refractivity contribution >= 4 is 6.29 Å². The fraction of sp³-hybridized carbons (Fsp3) is 0.333. The van der Waals surface area contributed by atoms with E-state index in [2.05, 4.69) is 5.10 Å². The van der Waals surface area contributed by atoms with Gasteiger partial charge in [0.1, 0.15) is 5.56 Å². The molecular weight excluding hydrogens is 189 g/mol. The number of carbonyl (C=O) groups excluding carboxylic acids is 1. The Hall–Kier alpha value is -1.53. The van der Waals surface area contributed by atoms with Crippen LogP contribution in [-0.4, -0.2) is 21.2 Å². The quantitative estimate of drug-likeness (QED) is 0.677. The first-order chi connectivity index (χ1) is 5.88. The van der Waals surface area contributed by atoms with Crippen molar-refractivity contribution in [3.8, 4) is 5.88 Å². The highest BCUT2D eigenvalue weighted by Gasteiger charge is 2.38. The van der Waals surface area contributed by atoms with Crippen molar-refractivity contribution < 1.29 is 23.1 Å². The molecule has 0 fully saturated rings. The molecule has 4 nitrogen and oxygen atoms in total. The van der Waals surface area contributed by atoms with E-state index in [0.29, 0.717) is 4.68 Å². The average molecular weight is 194 g/mol. The SMILES string of the molecule is Cn1nc(C(F)(F)F)c(C=O)c1O. The summed E-state index contributed by atoms with van der Waals surface area (Å²) in [6, 6.07) is 0. The van der Waals surface area contributed by atoms with Gasteiger partial charge in [0.05, 0.1) is 0 Å². The highest BCUT2D eigenvalue weighted by molar-refractivity contribution is 5.80. The summed E-state index contributed by atoms with van der Waals surface area (Å²) >= 11 is 0. The minimum Gasteiger partial charge on any atom is -0.493 e. The summed E-state index contributed by atoms with van der Waals surface area (Å²) in [5.74, 6) is -0.790. The number of nitrogens with zero attached hydrogens (tertiary/aromatic N) is 2. The molecule has 0 aliphatic heterocycles. The summed E-state index contributed by atoms with van der Waals surface area (Å²) in [6.45, 7) is 0. The first-order valence-electron chi connectivity index (χ1n) is 3.16. The molecule has 0 aliphatic rings. The molecule has 0 unspecified atom stereocenters. The Morgan fingerprint density at radius 1 is 1.54 bits per heavy atom. The van der Waals surface area contributed by atoms with Crippen molar-refractivity contribution in [2.45, 2.75) is 6.18 Å². The molecule has 0 spiro atoms. The maximum absolute atomic E-state index is 12.1. The molecule has 0 aromatic carbocycles. The third kappa shape index (κ3) is 1.49. The lowest BCUT2D eigenvalue weighted by Gasteiger charge is -2.00. The Morgan fingerprint density at radius 2 is 2.08 bits per heavy atom. The Kier molecular flexibility index (Phi) is 2.02. The highest BCUT2D eigenvalue weighted by atomic mass is 19.4. The summed E-state index contributed by atoms with van der Waals surface area (Å²) in [5, 5.41) is 11.9. The Balaban J connectivity index is 3.38. The number of alkyl halides is 3. The minimum absolute atomic E-state index is 0.0782. The fourth-order valence-electron chi connectivity index (χ4n) is 0.849. The van der Waals surface area contributed by atoms with E-state index in [1.54, 1.807) is 0 Å². The van der Waals surface area contributed by atoms with Crippen LogP contribution in [0.15, 0.2) is 0 Å². The maximum Gasteiger partial charge on any atom is 0.436 e. The number of aldehydes is 1. The molecule has 1 heterocycles. The molecule has 0 saturated carbocycles. The number of aromatic nitrogens is 2. The third-order valence-electron chi connectivity index (χ3n) is 1.44. The van der Waals surface area contributed by atoms with Crippen LogP contribution in [0.4, 0.5) is 13.2 Å². The van der Waals surface area contributed by atoms with E-state index in [1.807, 2.05) is 0 Å². The van der Waals surface area contributed by atoms with Crippen LogP contribution in [-0.2, 0) is 13.2 Å². The lowest BCUT2D eigenvalue weighted by atomic mass is 10.2. The summed E-state index contributed by atoms with van der Waals surface area (Å²) in [4.78, 5) is 10.2. The van der Waals surface area contributed by atoms with Gasteiger partial charge in [-0.2, -0.15) is 18.3 Å². The summed E-state index contributed by atoms with van der Waals surface area (Å²) in [7, 11) is 1.11.